The molecule has 1 heterocycles. The minimum Gasteiger partial charge on any atom is -0.370 e. The quantitative estimate of drug-likeness (QED) is 0.669. The van der Waals surface area contributed by atoms with E-state index >= 15 is 0 Å². The van der Waals surface area contributed by atoms with Crippen molar-refractivity contribution in [2.45, 2.75) is 19.9 Å². The molecule has 0 saturated carbocycles. The second-order valence-electron chi connectivity index (χ2n) is 4.20. The highest BCUT2D eigenvalue weighted by molar-refractivity contribution is 5.35. The van der Waals surface area contributed by atoms with Crippen LogP contribution in [0, 0.1) is 6.92 Å². The Bertz CT molecular complexity index is 415. The van der Waals surface area contributed by atoms with Crippen molar-refractivity contribution in [1.82, 2.24) is 4.90 Å². The molecule has 0 amide bonds. The van der Waals surface area contributed by atoms with Crippen LogP contribution in [0.5, 0.6) is 0 Å². The van der Waals surface area contributed by atoms with Crippen LogP contribution in [-0.2, 0) is 0 Å². The molecule has 0 fully saturated rings. The van der Waals surface area contributed by atoms with E-state index in [0.717, 1.165) is 0 Å². The van der Waals surface area contributed by atoms with Crippen molar-refractivity contribution in [1.29, 1.82) is 0 Å². The number of likely N-dealkylation sites (N-methyl/N-ethyl adjacent to an activating group) is 1. The van der Waals surface area contributed by atoms with Crippen molar-refractivity contribution in [3.05, 3.63) is 59.3 Å². The number of aryl methyl sites for hydroxylation is 1. The van der Waals surface area contributed by atoms with Gasteiger partial charge in [-0.05, 0) is 30.5 Å². The molecule has 0 N–H and O–H groups in total. The van der Waals surface area contributed by atoms with E-state index in [1.807, 2.05) is 0 Å². The lowest BCUT2D eigenvalue weighted by atomic mass is 9.98. The van der Waals surface area contributed by atoms with E-state index in [4.69, 9.17) is 0 Å². The van der Waals surface area contributed by atoms with Gasteiger partial charge in [0.15, 0.2) is 0 Å². The van der Waals surface area contributed by atoms with E-state index in [9.17, 15) is 0 Å². The molecule has 0 aliphatic carbocycles. The number of allylic oxidation sites excluding steroid dienone is 2. The maximum Gasteiger partial charge on any atom is 0.0723 e. The summed E-state index contributed by atoms with van der Waals surface area (Å²) < 4.78 is 0. The van der Waals surface area contributed by atoms with Gasteiger partial charge in [-0.1, -0.05) is 36.4 Å². The minimum absolute atomic E-state index is 0.384. The fraction of sp³-hybridized carbons (Fsp3) is 0.286. The van der Waals surface area contributed by atoms with E-state index in [1.165, 1.54) is 16.7 Å². The highest BCUT2D eigenvalue weighted by atomic mass is 15.1. The van der Waals surface area contributed by atoms with Crippen LogP contribution in [0.1, 0.15) is 24.1 Å². The summed E-state index contributed by atoms with van der Waals surface area (Å²) in [5.41, 5.74) is 4.05. The Hall–Kier alpha value is -1.50. The van der Waals surface area contributed by atoms with Gasteiger partial charge in [-0.3, -0.25) is 0 Å². The van der Waals surface area contributed by atoms with Crippen LogP contribution < -0.4 is 0 Å². The van der Waals surface area contributed by atoms with Crippen LogP contribution in [-0.4, -0.2) is 11.9 Å². The van der Waals surface area contributed by atoms with Crippen molar-refractivity contribution in [2.24, 2.45) is 0 Å². The van der Waals surface area contributed by atoms with Crippen molar-refractivity contribution in [3.63, 3.8) is 0 Å². The van der Waals surface area contributed by atoms with Crippen LogP contribution in [0.2, 0.25) is 0 Å². The number of nitrogens with zero attached hydrogens (tertiary/aromatic N) is 1. The fourth-order valence-corrected chi connectivity index (χ4v) is 2.06. The zero-order valence-corrected chi connectivity index (χ0v) is 9.57. The van der Waals surface area contributed by atoms with Gasteiger partial charge >= 0.3 is 0 Å². The van der Waals surface area contributed by atoms with Gasteiger partial charge < -0.3 is 4.90 Å². The average Bonchev–Trinajstić information content (AvgIpc) is 2.20. The molecule has 1 aromatic rings. The van der Waals surface area contributed by atoms with Crippen LogP contribution in [0.25, 0.3) is 0 Å². The predicted molar refractivity (Wildman–Crippen MR) is 64.6 cm³/mol. The molecule has 1 aliphatic heterocycles. The molecular formula is C14H17N. The summed E-state index contributed by atoms with van der Waals surface area (Å²) in [6, 6.07) is 8.95. The van der Waals surface area contributed by atoms with Crippen molar-refractivity contribution in [2.75, 3.05) is 7.05 Å². The van der Waals surface area contributed by atoms with E-state index in [0.29, 0.717) is 6.04 Å². The first-order valence-electron chi connectivity index (χ1n) is 5.32. The molecule has 0 radical (unpaired) electrons. The highest BCUT2D eigenvalue weighted by Crippen LogP contribution is 2.27. The normalized spacial score (nSPS) is 20.3. The number of benzene rings is 1. The smallest absolute Gasteiger partial charge is 0.0723 e. The molecule has 1 atom stereocenters. The SMILES string of the molecule is CC1=CN(C)C(c2ccccc2C)C=C1. The van der Waals surface area contributed by atoms with Crippen LogP contribution in [0.3, 0.4) is 0 Å². The Kier molecular flexibility index (Phi) is 2.63. The van der Waals surface area contributed by atoms with Crippen LogP contribution in [0.4, 0.5) is 0 Å². The van der Waals surface area contributed by atoms with Crippen molar-refractivity contribution < 1.29 is 0 Å². The zero-order valence-electron chi connectivity index (χ0n) is 9.57. The Balaban J connectivity index is 2.34. The summed E-state index contributed by atoms with van der Waals surface area (Å²) in [5, 5.41) is 0. The first-order valence-corrected chi connectivity index (χ1v) is 5.32. The molecule has 15 heavy (non-hydrogen) atoms. The molecule has 0 saturated heterocycles. The third-order valence-electron chi connectivity index (χ3n) is 2.89. The first kappa shape index (κ1) is 10.0. The molecule has 2 rings (SSSR count). The molecule has 1 aliphatic rings. The van der Waals surface area contributed by atoms with Crippen LogP contribution >= 0.6 is 0 Å². The highest BCUT2D eigenvalue weighted by Gasteiger charge is 2.15. The monoisotopic (exact) mass is 199 g/mol. The topological polar surface area (TPSA) is 3.24 Å². The maximum absolute atomic E-state index is 2.26. The lowest BCUT2D eigenvalue weighted by molar-refractivity contribution is 0.385. The second-order valence-corrected chi connectivity index (χ2v) is 4.20. The Morgan fingerprint density at radius 3 is 2.53 bits per heavy atom. The van der Waals surface area contributed by atoms with Gasteiger partial charge in [-0.2, -0.15) is 0 Å². The largest absolute Gasteiger partial charge is 0.370 e. The molecule has 0 spiro atoms. The number of hydrogen-bond acceptors (Lipinski definition) is 1. The zero-order chi connectivity index (χ0) is 10.8. The first-order chi connectivity index (χ1) is 7.18. The van der Waals surface area contributed by atoms with Gasteiger partial charge in [0.1, 0.15) is 0 Å². The molecule has 78 valence electrons. The number of hydrogen-bond donors (Lipinski definition) is 0. The van der Waals surface area contributed by atoms with Crippen molar-refractivity contribution >= 4 is 0 Å². The molecule has 0 bridgehead atoms. The van der Waals surface area contributed by atoms with Gasteiger partial charge in [-0.25, -0.2) is 0 Å². The molecule has 1 heteroatoms. The van der Waals surface area contributed by atoms with Crippen LogP contribution in [0.15, 0.2) is 48.2 Å². The molecular weight excluding hydrogens is 182 g/mol. The summed E-state index contributed by atoms with van der Waals surface area (Å²) >= 11 is 0. The summed E-state index contributed by atoms with van der Waals surface area (Å²) in [7, 11) is 2.13. The third-order valence-corrected chi connectivity index (χ3v) is 2.89. The third kappa shape index (κ3) is 1.96. The van der Waals surface area contributed by atoms with E-state index in [1.54, 1.807) is 0 Å². The van der Waals surface area contributed by atoms with Gasteiger partial charge in [0.05, 0.1) is 6.04 Å². The Morgan fingerprint density at radius 1 is 1.13 bits per heavy atom. The summed E-state index contributed by atoms with van der Waals surface area (Å²) in [5.74, 6) is 0. The Morgan fingerprint density at radius 2 is 1.87 bits per heavy atom. The lowest BCUT2D eigenvalue weighted by Crippen LogP contribution is -2.20. The van der Waals surface area contributed by atoms with Gasteiger partial charge in [0.25, 0.3) is 0 Å². The molecule has 0 aromatic heterocycles. The number of rotatable bonds is 1. The molecule has 1 aromatic carbocycles. The molecule has 1 unspecified atom stereocenters. The van der Waals surface area contributed by atoms with Gasteiger partial charge in [0.2, 0.25) is 0 Å². The fourth-order valence-electron chi connectivity index (χ4n) is 2.06. The van der Waals surface area contributed by atoms with E-state index in [-0.39, 0.29) is 0 Å². The average molecular weight is 199 g/mol. The Labute approximate surface area is 91.7 Å². The summed E-state index contributed by atoms with van der Waals surface area (Å²) in [6.07, 6.45) is 6.64. The summed E-state index contributed by atoms with van der Waals surface area (Å²) in [6.45, 7) is 4.29. The lowest BCUT2D eigenvalue weighted by Gasteiger charge is -2.29. The minimum atomic E-state index is 0.384. The summed E-state index contributed by atoms with van der Waals surface area (Å²) in [4.78, 5) is 2.26. The van der Waals surface area contributed by atoms with E-state index < -0.39 is 0 Å². The van der Waals surface area contributed by atoms with Gasteiger partial charge in [-0.15, -0.1) is 0 Å². The maximum atomic E-state index is 2.26. The molecule has 1 nitrogen and oxygen atoms in total. The van der Waals surface area contributed by atoms with E-state index in [2.05, 4.69) is 68.4 Å². The van der Waals surface area contributed by atoms with Crippen molar-refractivity contribution in [3.8, 4) is 0 Å². The van der Waals surface area contributed by atoms with Gasteiger partial charge in [0, 0.05) is 13.2 Å². The standard InChI is InChI=1S/C14H17N/c1-11-8-9-14(15(3)10-11)13-7-5-4-6-12(13)2/h4-10,14H,1-3H3. The second kappa shape index (κ2) is 3.93. The predicted octanol–water partition coefficient (Wildman–Crippen LogP) is 3.44.